The number of para-hydroxylation sites is 2. The van der Waals surface area contributed by atoms with Gasteiger partial charge in [0, 0.05) is 10.9 Å². The number of nitrogens with two attached hydrogens (primary N) is 1. The molecule has 2 heterocycles. The summed E-state index contributed by atoms with van der Waals surface area (Å²) in [6.07, 6.45) is 3.69. The van der Waals surface area contributed by atoms with Crippen LogP contribution in [0, 0.1) is 0 Å². The molecule has 0 bridgehead atoms. The van der Waals surface area contributed by atoms with Crippen molar-refractivity contribution >= 4 is 34.0 Å². The third-order valence-corrected chi connectivity index (χ3v) is 5.90. The van der Waals surface area contributed by atoms with Gasteiger partial charge in [-0.1, -0.05) is 36.4 Å². The summed E-state index contributed by atoms with van der Waals surface area (Å²) in [7, 11) is 0. The van der Waals surface area contributed by atoms with Crippen LogP contribution < -0.4 is 20.8 Å². The van der Waals surface area contributed by atoms with Crippen molar-refractivity contribution in [2.24, 2.45) is 10.8 Å². The Morgan fingerprint density at radius 1 is 1.13 bits per heavy atom. The van der Waals surface area contributed by atoms with Crippen molar-refractivity contribution < 1.29 is 18.7 Å². The van der Waals surface area contributed by atoms with Gasteiger partial charge in [-0.15, -0.1) is 6.58 Å². The number of furan rings is 1. The number of rotatable bonds is 10. The molecule has 1 amide bonds. The van der Waals surface area contributed by atoms with Gasteiger partial charge in [0.2, 0.25) is 5.82 Å². The molecule has 9 nitrogen and oxygen atoms in total. The van der Waals surface area contributed by atoms with Gasteiger partial charge in [-0.2, -0.15) is 9.78 Å². The molecule has 0 aliphatic rings. The minimum absolute atomic E-state index is 0.268. The fourth-order valence-corrected chi connectivity index (χ4v) is 4.24. The number of hydrogen-bond donors (Lipinski definition) is 1. The Hall–Kier alpha value is -5.18. The first-order valence-corrected chi connectivity index (χ1v) is 12.3. The van der Waals surface area contributed by atoms with Crippen LogP contribution in [0.4, 0.5) is 0 Å². The summed E-state index contributed by atoms with van der Waals surface area (Å²) in [4.78, 5) is 29.6. The highest BCUT2D eigenvalue weighted by Gasteiger charge is 2.17. The second kappa shape index (κ2) is 11.1. The van der Waals surface area contributed by atoms with Crippen molar-refractivity contribution in [3.05, 3.63) is 101 Å². The lowest BCUT2D eigenvalue weighted by molar-refractivity contribution is -0.119. The van der Waals surface area contributed by atoms with Gasteiger partial charge in [-0.25, -0.2) is 4.98 Å². The van der Waals surface area contributed by atoms with Crippen LogP contribution in [-0.4, -0.2) is 35.0 Å². The van der Waals surface area contributed by atoms with E-state index in [-0.39, 0.29) is 18.0 Å². The van der Waals surface area contributed by atoms with E-state index in [1.54, 1.807) is 30.3 Å². The van der Waals surface area contributed by atoms with Crippen molar-refractivity contribution in [3.8, 4) is 23.1 Å². The molecule has 5 rings (SSSR count). The van der Waals surface area contributed by atoms with Crippen LogP contribution in [-0.2, 0) is 11.2 Å². The van der Waals surface area contributed by atoms with Gasteiger partial charge in [0.25, 0.3) is 11.5 Å². The SMILES string of the molecule is C=CCc1cc(C=Nn2c(-c3cc4ccccc4o3)nc3ccccc3c2=O)cc(OCC)c1OCC(N)=O. The Kier molecular flexibility index (Phi) is 7.22. The molecule has 0 spiro atoms. The molecule has 0 unspecified atom stereocenters. The lowest BCUT2D eigenvalue weighted by atomic mass is 10.1. The van der Waals surface area contributed by atoms with E-state index in [0.29, 0.717) is 52.3 Å². The number of aromatic nitrogens is 2. The number of allylic oxidation sites excluding steroid dienone is 1. The summed E-state index contributed by atoms with van der Waals surface area (Å²) in [6, 6.07) is 20.0. The average molecular weight is 523 g/mol. The number of benzene rings is 3. The topological polar surface area (TPSA) is 122 Å². The molecule has 39 heavy (non-hydrogen) atoms. The van der Waals surface area contributed by atoms with Gasteiger partial charge in [0.15, 0.2) is 23.9 Å². The smallest absolute Gasteiger partial charge is 0.282 e. The molecule has 2 aromatic heterocycles. The number of hydrogen-bond acceptors (Lipinski definition) is 7. The zero-order valence-corrected chi connectivity index (χ0v) is 21.3. The van der Waals surface area contributed by atoms with Gasteiger partial charge in [0.05, 0.1) is 23.7 Å². The molecule has 3 aromatic carbocycles. The van der Waals surface area contributed by atoms with E-state index in [2.05, 4.69) is 11.7 Å². The Morgan fingerprint density at radius 3 is 2.69 bits per heavy atom. The van der Waals surface area contributed by atoms with Crippen LogP contribution in [0.2, 0.25) is 0 Å². The summed E-state index contributed by atoms with van der Waals surface area (Å²) in [6.45, 7) is 5.72. The first-order chi connectivity index (χ1) is 19.0. The number of ether oxygens (including phenoxy) is 2. The molecule has 0 saturated carbocycles. The molecule has 0 fully saturated rings. The lowest BCUT2D eigenvalue weighted by Crippen LogP contribution is -2.21. The number of nitrogens with zero attached hydrogens (tertiary/aromatic N) is 3. The third-order valence-electron chi connectivity index (χ3n) is 5.90. The highest BCUT2D eigenvalue weighted by atomic mass is 16.5. The van der Waals surface area contributed by atoms with Crippen LogP contribution in [0.25, 0.3) is 33.5 Å². The molecular weight excluding hydrogens is 496 g/mol. The fraction of sp³-hybridized carbons (Fsp3) is 0.133. The number of fused-ring (bicyclic) bond motifs is 2. The highest BCUT2D eigenvalue weighted by Crippen LogP contribution is 2.34. The van der Waals surface area contributed by atoms with E-state index in [4.69, 9.17) is 24.6 Å². The molecule has 0 saturated heterocycles. The van der Waals surface area contributed by atoms with Crippen LogP contribution in [0.5, 0.6) is 11.5 Å². The maximum atomic E-state index is 13.6. The molecule has 0 aliphatic heterocycles. The van der Waals surface area contributed by atoms with E-state index in [9.17, 15) is 9.59 Å². The molecule has 0 aliphatic carbocycles. The summed E-state index contributed by atoms with van der Waals surface area (Å²) >= 11 is 0. The molecule has 5 aromatic rings. The zero-order valence-electron chi connectivity index (χ0n) is 21.3. The van der Waals surface area contributed by atoms with Gasteiger partial charge in [0.1, 0.15) is 5.58 Å². The normalized spacial score (nSPS) is 11.3. The van der Waals surface area contributed by atoms with Gasteiger partial charge >= 0.3 is 0 Å². The van der Waals surface area contributed by atoms with E-state index < -0.39 is 5.91 Å². The van der Waals surface area contributed by atoms with Crippen molar-refractivity contribution in [2.75, 3.05) is 13.2 Å². The summed E-state index contributed by atoms with van der Waals surface area (Å²) in [5, 5.41) is 5.84. The van der Waals surface area contributed by atoms with Crippen LogP contribution in [0.15, 0.2) is 93.7 Å². The van der Waals surface area contributed by atoms with Crippen molar-refractivity contribution in [2.45, 2.75) is 13.3 Å². The average Bonchev–Trinajstić information content (AvgIpc) is 3.36. The number of carbonyl (C=O) groups excluding carboxylic acids is 1. The zero-order chi connectivity index (χ0) is 27.4. The highest BCUT2D eigenvalue weighted by molar-refractivity contribution is 5.85. The fourth-order valence-electron chi connectivity index (χ4n) is 4.24. The van der Waals surface area contributed by atoms with Crippen LogP contribution in [0.3, 0.4) is 0 Å². The standard InChI is InChI=1S/C30H26N4O5/c1-3-9-21-14-19(15-25(37-4-2)28(21)38-18-27(31)35)17-32-34-29(26-16-20-10-5-8-13-24(20)39-26)33-23-12-7-6-11-22(23)30(34)36/h3,5-8,10-17H,1,4,9,18H2,2H3,(H2,31,35). The van der Waals surface area contributed by atoms with Gasteiger partial charge in [-0.3, -0.25) is 9.59 Å². The van der Waals surface area contributed by atoms with Crippen molar-refractivity contribution in [3.63, 3.8) is 0 Å². The summed E-state index contributed by atoms with van der Waals surface area (Å²) in [5.74, 6) is 0.896. The lowest BCUT2D eigenvalue weighted by Gasteiger charge is -2.16. The predicted octanol–water partition coefficient (Wildman–Crippen LogP) is 4.68. The van der Waals surface area contributed by atoms with E-state index in [1.165, 1.54) is 10.9 Å². The first kappa shape index (κ1) is 25.5. The maximum absolute atomic E-state index is 13.6. The Labute approximate surface area is 223 Å². The minimum Gasteiger partial charge on any atom is -0.490 e. The Bertz CT molecular complexity index is 1750. The minimum atomic E-state index is -0.603. The molecule has 2 N–H and O–H groups in total. The van der Waals surface area contributed by atoms with Crippen LogP contribution in [0.1, 0.15) is 18.1 Å². The van der Waals surface area contributed by atoms with Gasteiger partial charge < -0.3 is 19.6 Å². The van der Waals surface area contributed by atoms with Crippen LogP contribution >= 0.6 is 0 Å². The van der Waals surface area contributed by atoms with Gasteiger partial charge in [-0.05, 0) is 55.3 Å². The van der Waals surface area contributed by atoms with E-state index >= 15 is 0 Å². The van der Waals surface area contributed by atoms with E-state index in [0.717, 1.165) is 10.9 Å². The Morgan fingerprint density at radius 2 is 1.92 bits per heavy atom. The van der Waals surface area contributed by atoms with Crippen molar-refractivity contribution in [1.82, 2.24) is 9.66 Å². The quantitative estimate of drug-likeness (QED) is 0.210. The molecule has 0 atom stereocenters. The second-order valence-electron chi connectivity index (χ2n) is 8.65. The van der Waals surface area contributed by atoms with E-state index in [1.807, 2.05) is 49.4 Å². The largest absolute Gasteiger partial charge is 0.490 e. The molecule has 196 valence electrons. The monoisotopic (exact) mass is 522 g/mol. The second-order valence-corrected chi connectivity index (χ2v) is 8.65. The number of carbonyl (C=O) groups is 1. The van der Waals surface area contributed by atoms with Crippen molar-refractivity contribution in [1.29, 1.82) is 0 Å². The Balaban J connectivity index is 1.65. The summed E-state index contributed by atoms with van der Waals surface area (Å²) < 4.78 is 18.7. The first-order valence-electron chi connectivity index (χ1n) is 12.3. The number of amides is 1. The summed E-state index contributed by atoms with van der Waals surface area (Å²) in [5.41, 5.74) is 7.50. The maximum Gasteiger partial charge on any atom is 0.282 e. The number of primary amides is 1. The third kappa shape index (κ3) is 5.28. The molecule has 9 heteroatoms. The predicted molar refractivity (Wildman–Crippen MR) is 150 cm³/mol. The molecule has 0 radical (unpaired) electrons. The molecular formula is C30H26N4O5.